The lowest BCUT2D eigenvalue weighted by molar-refractivity contribution is 0.102. The summed E-state index contributed by atoms with van der Waals surface area (Å²) in [4.78, 5) is 11.9. The van der Waals surface area contributed by atoms with Crippen molar-refractivity contribution in [2.45, 2.75) is 13.8 Å². The van der Waals surface area contributed by atoms with Crippen LogP contribution < -0.4 is 5.32 Å². The normalized spacial score (nSPS) is 10.2. The van der Waals surface area contributed by atoms with Crippen LogP contribution in [0.5, 0.6) is 5.75 Å². The molecule has 0 aliphatic rings. The summed E-state index contributed by atoms with van der Waals surface area (Å²) < 4.78 is 0. The van der Waals surface area contributed by atoms with Crippen molar-refractivity contribution in [3.63, 3.8) is 0 Å². The second kappa shape index (κ2) is 4.29. The quantitative estimate of drug-likeness (QED) is 0.739. The number of phenols is 1. The molecule has 0 fully saturated rings. The smallest absolute Gasteiger partial charge is 0.256 e. The number of H-pyrrole nitrogens is 1. The predicted octanol–water partition coefficient (Wildman–Crippen LogP) is 1.98. The van der Waals surface area contributed by atoms with E-state index in [4.69, 9.17) is 0 Å². The Bertz CT molecular complexity index is 524. The maximum absolute atomic E-state index is 11.9. The number of anilines is 1. The molecule has 1 heterocycles. The summed E-state index contributed by atoms with van der Waals surface area (Å²) in [5.74, 6) is 0.530. The summed E-state index contributed by atoms with van der Waals surface area (Å²) in [6, 6.07) is 4.96. The molecule has 0 spiro atoms. The second-order valence-electron chi connectivity index (χ2n) is 3.88. The number of aromatic amines is 1. The lowest BCUT2D eigenvalue weighted by atomic mass is 10.1. The minimum absolute atomic E-state index is 0.225. The number of carbonyl (C=O) groups is 1. The number of benzene rings is 1. The van der Waals surface area contributed by atoms with Crippen LogP contribution in [0.1, 0.15) is 21.5 Å². The highest BCUT2D eigenvalue weighted by atomic mass is 16.3. The average Bonchev–Trinajstić information content (AvgIpc) is 2.77. The van der Waals surface area contributed by atoms with Gasteiger partial charge in [0.15, 0.2) is 0 Å². The minimum atomic E-state index is -0.236. The Morgan fingerprint density at radius 2 is 2.00 bits per heavy atom. The maximum atomic E-state index is 11.9. The summed E-state index contributed by atoms with van der Waals surface area (Å²) in [5, 5.41) is 18.7. The molecule has 0 radical (unpaired) electrons. The van der Waals surface area contributed by atoms with E-state index in [1.807, 2.05) is 0 Å². The standard InChI is InChI=1S/C12H13N3O2/c1-7-5-9(6-8(2)11(7)16)12(17)14-10-3-4-13-15-10/h3-6,16H,1-2H3,(H2,13,14,15,17). The zero-order valence-electron chi connectivity index (χ0n) is 9.61. The van der Waals surface area contributed by atoms with E-state index in [0.29, 0.717) is 22.5 Å². The van der Waals surface area contributed by atoms with Crippen LogP contribution in [-0.4, -0.2) is 21.2 Å². The van der Waals surface area contributed by atoms with Crippen LogP contribution in [0.4, 0.5) is 5.82 Å². The monoisotopic (exact) mass is 231 g/mol. The van der Waals surface area contributed by atoms with E-state index in [1.165, 1.54) is 0 Å². The van der Waals surface area contributed by atoms with Crippen LogP contribution in [0.25, 0.3) is 0 Å². The molecule has 1 amide bonds. The van der Waals surface area contributed by atoms with E-state index in [0.717, 1.165) is 0 Å². The summed E-state index contributed by atoms with van der Waals surface area (Å²) >= 11 is 0. The van der Waals surface area contributed by atoms with Crippen molar-refractivity contribution < 1.29 is 9.90 Å². The molecule has 0 saturated carbocycles. The molecule has 0 aliphatic heterocycles. The number of phenolic OH excluding ortho intramolecular Hbond substituents is 1. The van der Waals surface area contributed by atoms with Gasteiger partial charge in [0.05, 0.1) is 6.20 Å². The van der Waals surface area contributed by atoms with E-state index in [-0.39, 0.29) is 11.7 Å². The van der Waals surface area contributed by atoms with Gasteiger partial charge in [0.1, 0.15) is 11.6 Å². The minimum Gasteiger partial charge on any atom is -0.507 e. The number of hydrogen-bond donors (Lipinski definition) is 3. The molecule has 5 heteroatoms. The Hall–Kier alpha value is -2.30. The van der Waals surface area contributed by atoms with Crippen molar-refractivity contribution in [3.8, 4) is 5.75 Å². The molecule has 0 unspecified atom stereocenters. The van der Waals surface area contributed by atoms with Gasteiger partial charge in [-0.1, -0.05) is 0 Å². The lowest BCUT2D eigenvalue weighted by Gasteiger charge is -2.07. The lowest BCUT2D eigenvalue weighted by Crippen LogP contribution is -2.12. The topological polar surface area (TPSA) is 78.0 Å². The first-order chi connectivity index (χ1) is 8.08. The van der Waals surface area contributed by atoms with Crippen molar-refractivity contribution in [1.29, 1.82) is 0 Å². The zero-order valence-corrected chi connectivity index (χ0v) is 9.61. The van der Waals surface area contributed by atoms with Crippen LogP contribution in [0.2, 0.25) is 0 Å². The number of aromatic nitrogens is 2. The molecule has 2 aromatic rings. The predicted molar refractivity (Wildman–Crippen MR) is 64.1 cm³/mol. The molecule has 1 aromatic heterocycles. The summed E-state index contributed by atoms with van der Waals surface area (Å²) in [6.07, 6.45) is 1.56. The number of hydrogen-bond acceptors (Lipinski definition) is 3. The Morgan fingerprint density at radius 1 is 1.35 bits per heavy atom. The summed E-state index contributed by atoms with van der Waals surface area (Å²) in [6.45, 7) is 3.52. The number of rotatable bonds is 2. The number of aryl methyl sites for hydroxylation is 2. The van der Waals surface area contributed by atoms with E-state index in [2.05, 4.69) is 15.5 Å². The first-order valence-corrected chi connectivity index (χ1v) is 5.19. The molecular weight excluding hydrogens is 218 g/mol. The van der Waals surface area contributed by atoms with Crippen molar-refractivity contribution in [3.05, 3.63) is 41.1 Å². The first-order valence-electron chi connectivity index (χ1n) is 5.19. The van der Waals surface area contributed by atoms with E-state index in [1.54, 1.807) is 38.2 Å². The van der Waals surface area contributed by atoms with E-state index < -0.39 is 0 Å². The fourth-order valence-corrected chi connectivity index (χ4v) is 1.61. The second-order valence-corrected chi connectivity index (χ2v) is 3.88. The van der Waals surface area contributed by atoms with Gasteiger partial charge in [0.25, 0.3) is 5.91 Å². The SMILES string of the molecule is Cc1cc(C(=O)Nc2ccn[nH]2)cc(C)c1O. The highest BCUT2D eigenvalue weighted by Gasteiger charge is 2.10. The molecule has 3 N–H and O–H groups in total. The molecule has 0 saturated heterocycles. The first kappa shape index (κ1) is 11.2. The van der Waals surface area contributed by atoms with Gasteiger partial charge in [0.2, 0.25) is 0 Å². The van der Waals surface area contributed by atoms with Gasteiger partial charge >= 0.3 is 0 Å². The van der Waals surface area contributed by atoms with Gasteiger partial charge in [-0.2, -0.15) is 5.10 Å². The van der Waals surface area contributed by atoms with E-state index >= 15 is 0 Å². The highest BCUT2D eigenvalue weighted by Crippen LogP contribution is 2.23. The molecule has 0 atom stereocenters. The Labute approximate surface area is 98.5 Å². The number of nitrogens with one attached hydrogen (secondary N) is 2. The molecule has 5 nitrogen and oxygen atoms in total. The number of carbonyl (C=O) groups excluding carboxylic acids is 1. The number of amides is 1. The third kappa shape index (κ3) is 2.28. The average molecular weight is 231 g/mol. The molecule has 88 valence electrons. The van der Waals surface area contributed by atoms with Crippen molar-refractivity contribution in [1.82, 2.24) is 10.2 Å². The van der Waals surface area contributed by atoms with Crippen molar-refractivity contribution >= 4 is 11.7 Å². The third-order valence-corrected chi connectivity index (χ3v) is 2.50. The van der Waals surface area contributed by atoms with Crippen LogP contribution in [0, 0.1) is 13.8 Å². The fraction of sp³-hybridized carbons (Fsp3) is 0.167. The van der Waals surface area contributed by atoms with Gasteiger partial charge in [-0.3, -0.25) is 9.89 Å². The Balaban J connectivity index is 2.26. The highest BCUT2D eigenvalue weighted by molar-refractivity contribution is 6.04. The van der Waals surface area contributed by atoms with Gasteiger partial charge < -0.3 is 10.4 Å². The van der Waals surface area contributed by atoms with Crippen LogP contribution in [0.3, 0.4) is 0 Å². The molecule has 17 heavy (non-hydrogen) atoms. The number of aromatic hydroxyl groups is 1. The number of nitrogens with zero attached hydrogens (tertiary/aromatic N) is 1. The van der Waals surface area contributed by atoms with Gasteiger partial charge in [0, 0.05) is 11.6 Å². The van der Waals surface area contributed by atoms with E-state index in [9.17, 15) is 9.90 Å². The van der Waals surface area contributed by atoms with Crippen molar-refractivity contribution in [2.75, 3.05) is 5.32 Å². The molecule has 0 bridgehead atoms. The van der Waals surface area contributed by atoms with Gasteiger partial charge in [-0.25, -0.2) is 0 Å². The van der Waals surface area contributed by atoms with Gasteiger partial charge in [-0.05, 0) is 37.1 Å². The maximum Gasteiger partial charge on any atom is 0.256 e. The largest absolute Gasteiger partial charge is 0.507 e. The summed E-state index contributed by atoms with van der Waals surface area (Å²) in [5.41, 5.74) is 1.87. The molecular formula is C12H13N3O2. The fourth-order valence-electron chi connectivity index (χ4n) is 1.61. The van der Waals surface area contributed by atoms with Crippen molar-refractivity contribution in [2.24, 2.45) is 0 Å². The molecule has 2 rings (SSSR count). The Kier molecular flexibility index (Phi) is 2.82. The molecule has 0 aliphatic carbocycles. The van der Waals surface area contributed by atoms with Crippen LogP contribution in [-0.2, 0) is 0 Å². The molecule has 1 aromatic carbocycles. The summed E-state index contributed by atoms with van der Waals surface area (Å²) in [7, 11) is 0. The van der Waals surface area contributed by atoms with Crippen LogP contribution >= 0.6 is 0 Å². The third-order valence-electron chi connectivity index (χ3n) is 2.50. The zero-order chi connectivity index (χ0) is 12.4. The van der Waals surface area contributed by atoms with Gasteiger partial charge in [-0.15, -0.1) is 0 Å². The van der Waals surface area contributed by atoms with Crippen LogP contribution in [0.15, 0.2) is 24.4 Å². The Morgan fingerprint density at radius 3 is 2.53 bits per heavy atom.